The van der Waals surface area contributed by atoms with E-state index in [4.69, 9.17) is 0 Å². The molecule has 156 valence electrons. The first-order valence-electron chi connectivity index (χ1n) is 10.00. The van der Waals surface area contributed by atoms with Gasteiger partial charge in [0.1, 0.15) is 0 Å². The average Bonchev–Trinajstić information content (AvgIpc) is 2.74. The molecule has 1 saturated heterocycles. The van der Waals surface area contributed by atoms with E-state index in [1.807, 2.05) is 30.3 Å². The van der Waals surface area contributed by atoms with E-state index < -0.39 is 20.0 Å². The Morgan fingerprint density at radius 3 is 2.03 bits per heavy atom. The first kappa shape index (κ1) is 20.5. The summed E-state index contributed by atoms with van der Waals surface area (Å²) >= 11 is 0. The van der Waals surface area contributed by atoms with E-state index in [1.54, 1.807) is 18.2 Å². The van der Waals surface area contributed by atoms with E-state index in [0.717, 1.165) is 36.8 Å². The number of benzene rings is 2. The molecule has 0 bridgehead atoms. The maximum atomic E-state index is 13.1. The molecule has 2 aromatic carbocycles. The van der Waals surface area contributed by atoms with Crippen LogP contribution in [0.2, 0.25) is 0 Å². The molecule has 1 heterocycles. The van der Waals surface area contributed by atoms with E-state index in [2.05, 4.69) is 0 Å². The molecule has 8 heteroatoms. The fraction of sp³-hybridized carbons (Fsp3) is 0.429. The zero-order valence-corrected chi connectivity index (χ0v) is 18.0. The Bertz CT molecular complexity index is 1070. The maximum absolute atomic E-state index is 13.1. The van der Waals surface area contributed by atoms with Gasteiger partial charge in [-0.3, -0.25) is 0 Å². The third-order valence-corrected chi connectivity index (χ3v) is 9.49. The van der Waals surface area contributed by atoms with Gasteiger partial charge in [0.25, 0.3) is 0 Å². The lowest BCUT2D eigenvalue weighted by atomic mass is 9.92. The predicted molar refractivity (Wildman–Crippen MR) is 112 cm³/mol. The maximum Gasteiger partial charge on any atom is 0.243 e. The van der Waals surface area contributed by atoms with Crippen LogP contribution in [-0.4, -0.2) is 51.6 Å². The molecule has 0 radical (unpaired) electrons. The largest absolute Gasteiger partial charge is 0.243 e. The summed E-state index contributed by atoms with van der Waals surface area (Å²) in [6, 6.07) is 14.5. The van der Waals surface area contributed by atoms with Gasteiger partial charge in [0.05, 0.1) is 10.6 Å². The molecule has 0 aromatic heterocycles. The summed E-state index contributed by atoms with van der Waals surface area (Å²) in [5.41, 5.74) is 3.10. The normalized spacial score (nSPS) is 19.0. The van der Waals surface area contributed by atoms with Crippen molar-refractivity contribution in [2.75, 3.05) is 26.2 Å². The Morgan fingerprint density at radius 1 is 0.724 bits per heavy atom. The van der Waals surface area contributed by atoms with Crippen LogP contribution in [0.1, 0.15) is 29.5 Å². The highest BCUT2D eigenvalue weighted by Crippen LogP contribution is 2.26. The van der Waals surface area contributed by atoms with E-state index >= 15 is 0 Å². The molecule has 0 N–H and O–H groups in total. The Labute approximate surface area is 173 Å². The number of hydrogen-bond donors (Lipinski definition) is 0. The highest BCUT2D eigenvalue weighted by atomic mass is 32.2. The third kappa shape index (κ3) is 4.40. The first-order chi connectivity index (χ1) is 13.9. The fourth-order valence-corrected chi connectivity index (χ4v) is 7.07. The molecule has 29 heavy (non-hydrogen) atoms. The molecule has 0 saturated carbocycles. The van der Waals surface area contributed by atoms with Crippen molar-refractivity contribution in [2.24, 2.45) is 0 Å². The van der Waals surface area contributed by atoms with Crippen molar-refractivity contribution in [2.45, 2.75) is 36.3 Å². The monoisotopic (exact) mass is 434 g/mol. The number of aryl methyl sites for hydroxylation is 2. The highest BCUT2D eigenvalue weighted by Gasteiger charge is 2.33. The van der Waals surface area contributed by atoms with E-state index in [1.165, 1.54) is 14.2 Å². The molecule has 2 aromatic rings. The number of nitrogens with zero attached hydrogens (tertiary/aromatic N) is 2. The summed E-state index contributed by atoms with van der Waals surface area (Å²) in [5, 5.41) is 0. The van der Waals surface area contributed by atoms with Gasteiger partial charge in [-0.05, 0) is 54.5 Å². The van der Waals surface area contributed by atoms with Gasteiger partial charge in [-0.15, -0.1) is 0 Å². The first-order valence-corrected chi connectivity index (χ1v) is 13.0. The summed E-state index contributed by atoms with van der Waals surface area (Å²) in [4.78, 5) is 0.318. The van der Waals surface area contributed by atoms with Crippen molar-refractivity contribution in [3.63, 3.8) is 0 Å². The van der Waals surface area contributed by atoms with Crippen molar-refractivity contribution < 1.29 is 16.8 Å². The number of fused-ring (bicyclic) bond motifs is 1. The average molecular weight is 435 g/mol. The standard InChI is InChI=1S/C21H26N2O4S2/c24-28(25,17-18-6-2-1-3-7-18)22-12-14-23(15-13-22)29(26,27)21-11-10-19-8-4-5-9-20(19)16-21/h1-3,6-7,10-11,16H,4-5,8-9,12-15,17H2. The molecule has 1 aliphatic carbocycles. The van der Waals surface area contributed by atoms with Crippen LogP contribution in [-0.2, 0) is 38.6 Å². The topological polar surface area (TPSA) is 74.8 Å². The minimum absolute atomic E-state index is 0.0641. The fourth-order valence-electron chi connectivity index (χ4n) is 4.08. The van der Waals surface area contributed by atoms with Crippen LogP contribution in [0, 0.1) is 0 Å². The second-order valence-corrected chi connectivity index (χ2v) is 11.6. The molecule has 0 atom stereocenters. The number of sulfonamides is 2. The SMILES string of the molecule is O=S(=O)(Cc1ccccc1)N1CCN(S(=O)(=O)c2ccc3c(c2)CCCC3)CC1. The van der Waals surface area contributed by atoms with Crippen LogP contribution in [0.15, 0.2) is 53.4 Å². The molecule has 0 unspecified atom stereocenters. The van der Waals surface area contributed by atoms with Crippen LogP contribution in [0.3, 0.4) is 0 Å². The highest BCUT2D eigenvalue weighted by molar-refractivity contribution is 7.89. The summed E-state index contributed by atoms with van der Waals surface area (Å²) in [6.45, 7) is 0.708. The quantitative estimate of drug-likeness (QED) is 0.724. The minimum Gasteiger partial charge on any atom is -0.212 e. The van der Waals surface area contributed by atoms with Gasteiger partial charge in [0, 0.05) is 26.2 Å². The summed E-state index contributed by atoms with van der Waals surface area (Å²) in [7, 11) is -7.08. The van der Waals surface area contributed by atoms with Gasteiger partial charge in [-0.2, -0.15) is 8.61 Å². The van der Waals surface area contributed by atoms with Crippen molar-refractivity contribution in [1.29, 1.82) is 0 Å². The van der Waals surface area contributed by atoms with Gasteiger partial charge >= 0.3 is 0 Å². The molecule has 0 spiro atoms. The zero-order valence-electron chi connectivity index (χ0n) is 16.3. The van der Waals surface area contributed by atoms with Crippen LogP contribution in [0.5, 0.6) is 0 Å². The Kier molecular flexibility index (Phi) is 5.79. The second kappa shape index (κ2) is 8.18. The van der Waals surface area contributed by atoms with Crippen LogP contribution in [0.25, 0.3) is 0 Å². The molecule has 1 aliphatic heterocycles. The second-order valence-electron chi connectivity index (χ2n) is 7.68. The molecule has 4 rings (SSSR count). The van der Waals surface area contributed by atoms with Crippen molar-refractivity contribution in [1.82, 2.24) is 8.61 Å². The van der Waals surface area contributed by atoms with Crippen molar-refractivity contribution in [3.8, 4) is 0 Å². The Morgan fingerprint density at radius 2 is 1.34 bits per heavy atom. The third-order valence-electron chi connectivity index (χ3n) is 5.74. The molecular weight excluding hydrogens is 408 g/mol. The lowest BCUT2D eigenvalue weighted by Gasteiger charge is -2.33. The number of piperazine rings is 1. The van der Waals surface area contributed by atoms with Crippen LogP contribution >= 0.6 is 0 Å². The van der Waals surface area contributed by atoms with Crippen molar-refractivity contribution in [3.05, 3.63) is 65.2 Å². The summed E-state index contributed by atoms with van der Waals surface area (Å²) in [5.74, 6) is -0.0641. The lowest BCUT2D eigenvalue weighted by Crippen LogP contribution is -2.50. The van der Waals surface area contributed by atoms with Gasteiger partial charge in [-0.1, -0.05) is 36.4 Å². The smallest absolute Gasteiger partial charge is 0.212 e. The van der Waals surface area contributed by atoms with Gasteiger partial charge < -0.3 is 0 Å². The summed E-state index contributed by atoms with van der Waals surface area (Å²) in [6.07, 6.45) is 4.17. The number of hydrogen-bond acceptors (Lipinski definition) is 4. The summed E-state index contributed by atoms with van der Waals surface area (Å²) < 4.78 is 54.4. The Balaban J connectivity index is 1.45. The molecular formula is C21H26N2O4S2. The van der Waals surface area contributed by atoms with Gasteiger partial charge in [-0.25, -0.2) is 16.8 Å². The van der Waals surface area contributed by atoms with Gasteiger partial charge in [0.15, 0.2) is 0 Å². The predicted octanol–water partition coefficient (Wildman–Crippen LogP) is 2.40. The van der Waals surface area contributed by atoms with Gasteiger partial charge in [0.2, 0.25) is 20.0 Å². The van der Waals surface area contributed by atoms with E-state index in [0.29, 0.717) is 4.90 Å². The minimum atomic E-state index is -3.61. The Hall–Kier alpha value is -1.74. The molecule has 2 aliphatic rings. The van der Waals surface area contributed by atoms with E-state index in [9.17, 15) is 16.8 Å². The molecule has 6 nitrogen and oxygen atoms in total. The van der Waals surface area contributed by atoms with Crippen LogP contribution in [0.4, 0.5) is 0 Å². The number of rotatable bonds is 5. The lowest BCUT2D eigenvalue weighted by molar-refractivity contribution is 0.272. The molecule has 0 amide bonds. The zero-order chi connectivity index (χ0) is 20.5. The van der Waals surface area contributed by atoms with Crippen molar-refractivity contribution >= 4 is 20.0 Å². The van der Waals surface area contributed by atoms with Crippen LogP contribution < -0.4 is 0 Å². The van der Waals surface area contributed by atoms with E-state index in [-0.39, 0.29) is 31.9 Å². The molecule has 1 fully saturated rings.